The molecule has 2 N–H and O–H groups in total. The van der Waals surface area contributed by atoms with E-state index >= 15 is 0 Å². The first-order valence-corrected chi connectivity index (χ1v) is 8.65. The van der Waals surface area contributed by atoms with Gasteiger partial charge in [-0.2, -0.15) is 0 Å². The van der Waals surface area contributed by atoms with Crippen LogP contribution in [0.3, 0.4) is 0 Å². The van der Waals surface area contributed by atoms with Crippen molar-refractivity contribution in [2.45, 2.75) is 25.8 Å². The first kappa shape index (κ1) is 17.8. The smallest absolute Gasteiger partial charge is 0.315 e. The van der Waals surface area contributed by atoms with E-state index in [1.54, 1.807) is 0 Å². The Morgan fingerprint density at radius 3 is 2.52 bits per heavy atom. The molecule has 1 heterocycles. The molecule has 1 aromatic rings. The fraction of sp³-hybridized carbons (Fsp3) is 0.611. The Balaban J connectivity index is 1.53. The lowest BCUT2D eigenvalue weighted by Crippen LogP contribution is -2.44. The number of likely N-dealkylation sites (N-methyl/N-ethyl adjacent to an activating group) is 1. The zero-order valence-corrected chi connectivity index (χ0v) is 14.4. The molecule has 1 fully saturated rings. The van der Waals surface area contributed by atoms with Crippen LogP contribution < -0.4 is 10.6 Å². The number of hydrogen-bond acceptors (Lipinski definition) is 3. The molecule has 23 heavy (non-hydrogen) atoms. The average Bonchev–Trinajstić information content (AvgIpc) is 2.57. The highest BCUT2D eigenvalue weighted by Crippen LogP contribution is 2.10. The molecule has 0 spiro atoms. The summed E-state index contributed by atoms with van der Waals surface area (Å²) >= 11 is 0. The Morgan fingerprint density at radius 1 is 1.13 bits per heavy atom. The molecule has 2 rings (SSSR count). The van der Waals surface area contributed by atoms with Gasteiger partial charge in [-0.1, -0.05) is 30.3 Å². The van der Waals surface area contributed by atoms with Crippen molar-refractivity contribution in [1.82, 2.24) is 20.4 Å². The maximum absolute atomic E-state index is 11.9. The summed E-state index contributed by atoms with van der Waals surface area (Å²) in [7, 11) is 2.18. The molecular weight excluding hydrogens is 288 g/mol. The van der Waals surface area contributed by atoms with E-state index in [1.807, 2.05) is 37.3 Å². The van der Waals surface area contributed by atoms with Gasteiger partial charge in [-0.25, -0.2) is 4.79 Å². The molecule has 5 nitrogen and oxygen atoms in total. The molecule has 0 bridgehead atoms. The number of nitrogens with zero attached hydrogens (tertiary/aromatic N) is 2. The summed E-state index contributed by atoms with van der Waals surface area (Å²) in [5, 5.41) is 5.93. The lowest BCUT2D eigenvalue weighted by molar-refractivity contribution is 0.152. The van der Waals surface area contributed by atoms with Crippen molar-refractivity contribution in [3.63, 3.8) is 0 Å². The van der Waals surface area contributed by atoms with Crippen molar-refractivity contribution in [2.75, 3.05) is 46.3 Å². The van der Waals surface area contributed by atoms with E-state index in [-0.39, 0.29) is 12.1 Å². The van der Waals surface area contributed by atoms with E-state index in [1.165, 1.54) is 13.1 Å². The lowest BCUT2D eigenvalue weighted by Gasteiger charge is -2.32. The zero-order chi connectivity index (χ0) is 16.5. The third-order valence-electron chi connectivity index (χ3n) is 4.43. The summed E-state index contributed by atoms with van der Waals surface area (Å²) in [6.45, 7) is 8.54. The van der Waals surface area contributed by atoms with E-state index in [4.69, 9.17) is 0 Å². The molecule has 1 aliphatic heterocycles. The summed E-state index contributed by atoms with van der Waals surface area (Å²) in [4.78, 5) is 16.8. The van der Waals surface area contributed by atoms with Crippen molar-refractivity contribution in [3.05, 3.63) is 35.9 Å². The van der Waals surface area contributed by atoms with E-state index in [0.29, 0.717) is 0 Å². The molecule has 2 amide bonds. The van der Waals surface area contributed by atoms with Gasteiger partial charge in [0.05, 0.1) is 6.04 Å². The van der Waals surface area contributed by atoms with E-state index < -0.39 is 0 Å². The van der Waals surface area contributed by atoms with Crippen molar-refractivity contribution in [1.29, 1.82) is 0 Å². The number of amides is 2. The SMILES string of the molecule is CC(NC(=O)NCCCCN1CCN(C)CC1)c1ccccc1. The molecular formula is C18H30N4O. The number of nitrogens with one attached hydrogen (secondary N) is 2. The molecule has 0 saturated carbocycles. The Hall–Kier alpha value is -1.59. The molecule has 128 valence electrons. The summed E-state index contributed by atoms with van der Waals surface area (Å²) in [6.07, 6.45) is 2.16. The van der Waals surface area contributed by atoms with Crippen molar-refractivity contribution in [2.24, 2.45) is 0 Å². The molecule has 1 aliphatic rings. The largest absolute Gasteiger partial charge is 0.338 e. The third kappa shape index (κ3) is 6.59. The summed E-state index contributed by atoms with van der Waals surface area (Å²) in [5.41, 5.74) is 1.12. The van der Waals surface area contributed by atoms with Crippen LogP contribution >= 0.6 is 0 Å². The average molecular weight is 318 g/mol. The fourth-order valence-electron chi connectivity index (χ4n) is 2.81. The molecule has 0 radical (unpaired) electrons. The minimum Gasteiger partial charge on any atom is -0.338 e. The highest BCUT2D eigenvalue weighted by atomic mass is 16.2. The van der Waals surface area contributed by atoms with Crippen LogP contribution in [0.15, 0.2) is 30.3 Å². The van der Waals surface area contributed by atoms with Crippen molar-refractivity contribution in [3.8, 4) is 0 Å². The highest BCUT2D eigenvalue weighted by Gasteiger charge is 2.13. The Kier molecular flexibility index (Phi) is 7.36. The number of piperazine rings is 1. The molecule has 1 saturated heterocycles. The first-order chi connectivity index (χ1) is 11.1. The monoisotopic (exact) mass is 318 g/mol. The second-order valence-corrected chi connectivity index (χ2v) is 6.38. The number of benzene rings is 1. The maximum atomic E-state index is 11.9. The van der Waals surface area contributed by atoms with Crippen LogP contribution in [0.1, 0.15) is 31.4 Å². The van der Waals surface area contributed by atoms with Crippen LogP contribution in [0.5, 0.6) is 0 Å². The summed E-state index contributed by atoms with van der Waals surface area (Å²) in [5.74, 6) is 0. The lowest BCUT2D eigenvalue weighted by atomic mass is 10.1. The van der Waals surface area contributed by atoms with Gasteiger partial charge in [0.1, 0.15) is 0 Å². The predicted octanol–water partition coefficient (Wildman–Crippen LogP) is 2.07. The Labute approximate surface area is 140 Å². The van der Waals surface area contributed by atoms with Crippen LogP contribution in [-0.2, 0) is 0 Å². The molecule has 1 atom stereocenters. The van der Waals surface area contributed by atoms with Gasteiger partial charge in [0, 0.05) is 32.7 Å². The van der Waals surface area contributed by atoms with Crippen LogP contribution in [-0.4, -0.2) is 62.1 Å². The summed E-state index contributed by atoms with van der Waals surface area (Å²) in [6, 6.07) is 9.97. The normalized spacial score (nSPS) is 17.7. The van der Waals surface area contributed by atoms with Gasteiger partial charge >= 0.3 is 6.03 Å². The standard InChI is InChI=1S/C18H30N4O/c1-16(17-8-4-3-5-9-17)20-18(23)19-10-6-7-11-22-14-12-21(2)13-15-22/h3-5,8-9,16H,6-7,10-15H2,1-2H3,(H2,19,20,23). The quantitative estimate of drug-likeness (QED) is 0.757. The summed E-state index contributed by atoms with van der Waals surface area (Å²) < 4.78 is 0. The maximum Gasteiger partial charge on any atom is 0.315 e. The van der Waals surface area contributed by atoms with Crippen LogP contribution in [0.2, 0.25) is 0 Å². The number of carbonyl (C=O) groups excluding carboxylic acids is 1. The molecule has 0 aliphatic carbocycles. The van der Waals surface area contributed by atoms with Gasteiger partial charge < -0.3 is 20.4 Å². The predicted molar refractivity (Wildman–Crippen MR) is 94.6 cm³/mol. The van der Waals surface area contributed by atoms with Crippen LogP contribution in [0, 0.1) is 0 Å². The van der Waals surface area contributed by atoms with Gasteiger partial charge in [-0.3, -0.25) is 0 Å². The van der Waals surface area contributed by atoms with Gasteiger partial charge in [0.15, 0.2) is 0 Å². The second kappa shape index (κ2) is 9.53. The third-order valence-corrected chi connectivity index (χ3v) is 4.43. The van der Waals surface area contributed by atoms with Gasteiger partial charge in [-0.15, -0.1) is 0 Å². The Bertz CT molecular complexity index is 457. The van der Waals surface area contributed by atoms with Gasteiger partial charge in [0.25, 0.3) is 0 Å². The Morgan fingerprint density at radius 2 is 1.83 bits per heavy atom. The topological polar surface area (TPSA) is 47.6 Å². The number of rotatable bonds is 7. The molecule has 0 aromatic heterocycles. The van der Waals surface area contributed by atoms with Gasteiger partial charge in [-0.05, 0) is 38.9 Å². The highest BCUT2D eigenvalue weighted by molar-refractivity contribution is 5.74. The van der Waals surface area contributed by atoms with Gasteiger partial charge in [0.2, 0.25) is 0 Å². The molecule has 1 unspecified atom stereocenters. The van der Waals surface area contributed by atoms with Crippen molar-refractivity contribution >= 4 is 6.03 Å². The first-order valence-electron chi connectivity index (χ1n) is 8.65. The van der Waals surface area contributed by atoms with E-state index in [0.717, 1.165) is 44.6 Å². The van der Waals surface area contributed by atoms with Crippen LogP contribution in [0.25, 0.3) is 0 Å². The number of urea groups is 1. The minimum absolute atomic E-state index is 0.0292. The van der Waals surface area contributed by atoms with E-state index in [9.17, 15) is 4.79 Å². The minimum atomic E-state index is -0.0825. The number of carbonyl (C=O) groups is 1. The second-order valence-electron chi connectivity index (χ2n) is 6.38. The fourth-order valence-corrected chi connectivity index (χ4v) is 2.81. The number of unbranched alkanes of at least 4 members (excludes halogenated alkanes) is 1. The van der Waals surface area contributed by atoms with Crippen molar-refractivity contribution < 1.29 is 4.79 Å². The molecule has 5 heteroatoms. The zero-order valence-electron chi connectivity index (χ0n) is 14.4. The number of hydrogen-bond donors (Lipinski definition) is 2. The molecule has 1 aromatic carbocycles. The van der Waals surface area contributed by atoms with E-state index in [2.05, 4.69) is 27.5 Å². The van der Waals surface area contributed by atoms with Crippen LogP contribution in [0.4, 0.5) is 4.79 Å².